The predicted octanol–water partition coefficient (Wildman–Crippen LogP) is 9.63. The molecule has 12 atom stereocenters. The van der Waals surface area contributed by atoms with Crippen molar-refractivity contribution in [3.8, 4) is 0 Å². The lowest BCUT2D eigenvalue weighted by atomic mass is 9.32. The molecule has 7 heteroatoms. The molecule has 3 N–H and O–H groups in total. The van der Waals surface area contributed by atoms with Crippen LogP contribution in [0.3, 0.4) is 0 Å². The summed E-state index contributed by atoms with van der Waals surface area (Å²) in [5.41, 5.74) is 0.0302. The minimum Gasteiger partial charge on any atom is -0.393 e. The second-order valence-corrected chi connectivity index (χ2v) is 22.4. The van der Waals surface area contributed by atoms with Gasteiger partial charge in [-0.15, -0.1) is 11.3 Å². The fourth-order valence-electron chi connectivity index (χ4n) is 15.1. The number of Topliss-reactive ketones (excluding diaryl/α,β-unsaturated/α-hetero) is 1. The second-order valence-electron chi connectivity index (χ2n) is 21.3. The number of benzene rings is 2. The molecule has 0 saturated heterocycles. The Balaban J connectivity index is 0.977. The smallest absolute Gasteiger partial charge is 0.199 e. The number of hydrogen-bond acceptors (Lipinski definition) is 7. The molecule has 3 aromatic rings. The summed E-state index contributed by atoms with van der Waals surface area (Å²) < 4.78 is 7.20. The average Bonchev–Trinajstić information content (AvgIpc) is 3.76. The van der Waals surface area contributed by atoms with E-state index in [1.807, 2.05) is 30.3 Å². The number of allylic oxidation sites excluding steroid dienone is 4. The van der Waals surface area contributed by atoms with Gasteiger partial charge in [0.05, 0.1) is 35.9 Å². The molecule has 6 fully saturated rings. The number of thiophene rings is 1. The van der Waals surface area contributed by atoms with Gasteiger partial charge < -0.3 is 20.1 Å². The van der Waals surface area contributed by atoms with E-state index in [0.29, 0.717) is 49.8 Å². The van der Waals surface area contributed by atoms with Crippen molar-refractivity contribution < 1.29 is 24.9 Å². The number of rotatable bonds is 12. The largest absolute Gasteiger partial charge is 0.393 e. The van der Waals surface area contributed by atoms with Crippen LogP contribution < -0.4 is 0 Å². The first-order valence-electron chi connectivity index (χ1n) is 22.6. The molecular formula is C51H65NO5S. The Kier molecular flexibility index (Phi) is 9.49. The quantitative estimate of drug-likeness (QED) is 0.125. The first kappa shape index (κ1) is 39.5. The number of fused-ring (bicyclic) bond motifs is 4. The van der Waals surface area contributed by atoms with Gasteiger partial charge in [-0.3, -0.25) is 9.69 Å². The van der Waals surface area contributed by atoms with E-state index >= 15 is 4.79 Å². The summed E-state index contributed by atoms with van der Waals surface area (Å²) in [6.45, 7) is 12.3. The van der Waals surface area contributed by atoms with Crippen LogP contribution in [-0.4, -0.2) is 70.1 Å². The maximum Gasteiger partial charge on any atom is 0.199 e. The molecule has 2 spiro atoms. The number of aliphatic hydroxyl groups is 3. The monoisotopic (exact) mass is 803 g/mol. The van der Waals surface area contributed by atoms with E-state index in [9.17, 15) is 15.3 Å². The maximum atomic E-state index is 15.2. The molecule has 12 rings (SSSR count). The first-order valence-corrected chi connectivity index (χ1v) is 23.4. The fraction of sp³-hybridized carbons (Fsp3) is 0.627. The molecule has 1 heterocycles. The molecule has 6 saturated carbocycles. The lowest BCUT2D eigenvalue weighted by Crippen LogP contribution is -2.67. The van der Waals surface area contributed by atoms with Gasteiger partial charge in [-0.25, -0.2) is 0 Å². The van der Waals surface area contributed by atoms with E-state index in [1.165, 1.54) is 19.3 Å². The highest BCUT2D eigenvalue weighted by Crippen LogP contribution is 2.78. The Morgan fingerprint density at radius 3 is 2.43 bits per heavy atom. The number of carbonyl (C=O) groups excluding carboxylic acids is 1. The zero-order valence-electron chi connectivity index (χ0n) is 35.2. The SMILES string of the molecule is CC1(C)[C@H]2CC[C@@H](CN(C[C@@H](O)COCc3ccccc3)C[C@]3(O)CC[C@H]4[C@]56C=C[C@@]7(C=C5C(=O)c5cc8ccccc8s5)CC(O)CC[C@]7(C)[C@H]6CC[C@@]43C)[C@@H]1C2. The van der Waals surface area contributed by atoms with Crippen LogP contribution in [0.25, 0.3) is 10.1 Å². The van der Waals surface area contributed by atoms with Crippen molar-refractivity contribution >= 4 is 27.2 Å². The summed E-state index contributed by atoms with van der Waals surface area (Å²) in [5, 5.41) is 37.3. The number of hydrogen-bond donors (Lipinski definition) is 3. The zero-order chi connectivity index (χ0) is 40.3. The van der Waals surface area contributed by atoms with Crippen molar-refractivity contribution in [2.45, 2.75) is 116 Å². The normalized spacial score (nSPS) is 41.1. The van der Waals surface area contributed by atoms with Gasteiger partial charge in [0.2, 0.25) is 0 Å². The Hall–Kier alpha value is -2.65. The van der Waals surface area contributed by atoms with Gasteiger partial charge in [0.1, 0.15) is 0 Å². The summed E-state index contributed by atoms with van der Waals surface area (Å²) in [6, 6.07) is 20.5. The molecule has 4 bridgehead atoms. The van der Waals surface area contributed by atoms with Gasteiger partial charge in [0.15, 0.2) is 5.78 Å². The van der Waals surface area contributed by atoms with E-state index in [4.69, 9.17) is 4.74 Å². The summed E-state index contributed by atoms with van der Waals surface area (Å²) >= 11 is 1.60. The van der Waals surface area contributed by atoms with Crippen LogP contribution in [0.2, 0.25) is 0 Å². The van der Waals surface area contributed by atoms with E-state index < -0.39 is 22.5 Å². The highest BCUT2D eigenvalue weighted by atomic mass is 32.1. The first-order chi connectivity index (χ1) is 27.7. The number of ketones is 1. The molecule has 0 radical (unpaired) electrons. The third-order valence-corrected chi connectivity index (χ3v) is 19.6. The molecule has 6 nitrogen and oxygen atoms in total. The van der Waals surface area contributed by atoms with E-state index in [-0.39, 0.29) is 41.2 Å². The standard InChI is InChI=1S/C51H65NO5S/c1-46(2)36-15-14-35(39(46)25-36)28-52(29-38(54)31-57-30-33-10-6-5-7-11-33)32-50(56)21-18-44-48(50,4)20-17-43-47(3)19-16-37(53)26-49(47)22-23-51(43,44)40(27-49)45(55)42-24-34-12-8-9-13-41(34)58-42/h5-13,22-24,27,35-39,43-44,53-54,56H,14-21,25-26,28-32H2,1-4H3/t35-,36-,37?,38+,39-,43+,44+,47+,48-,49-,50+,51+/m0/s1. The maximum absolute atomic E-state index is 15.2. The van der Waals surface area contributed by atoms with Crippen molar-refractivity contribution in [3.63, 3.8) is 0 Å². The topological polar surface area (TPSA) is 90.2 Å². The molecule has 0 amide bonds. The zero-order valence-corrected chi connectivity index (χ0v) is 36.0. The lowest BCUT2D eigenvalue weighted by molar-refractivity contribution is -0.179. The molecule has 58 heavy (non-hydrogen) atoms. The summed E-state index contributed by atoms with van der Waals surface area (Å²) in [7, 11) is 0. The lowest BCUT2D eigenvalue weighted by Gasteiger charge is -2.71. The molecule has 9 aliphatic carbocycles. The third kappa shape index (κ3) is 5.76. The van der Waals surface area contributed by atoms with Gasteiger partial charge in [0, 0.05) is 46.2 Å². The molecule has 9 aliphatic rings. The van der Waals surface area contributed by atoms with Crippen LogP contribution in [-0.2, 0) is 11.3 Å². The van der Waals surface area contributed by atoms with Crippen LogP contribution in [0.4, 0.5) is 0 Å². The summed E-state index contributed by atoms with van der Waals surface area (Å²) in [5.74, 6) is 2.52. The Morgan fingerprint density at radius 1 is 0.914 bits per heavy atom. The number of aliphatic hydroxyl groups excluding tert-OH is 2. The van der Waals surface area contributed by atoms with Crippen molar-refractivity contribution in [2.24, 2.45) is 56.7 Å². The van der Waals surface area contributed by atoms with E-state index in [2.05, 4.69) is 81.2 Å². The minimum absolute atomic E-state index is 0.0722. The van der Waals surface area contributed by atoms with Crippen LogP contribution >= 0.6 is 11.3 Å². The van der Waals surface area contributed by atoms with Gasteiger partial charge in [0.25, 0.3) is 0 Å². The highest BCUT2D eigenvalue weighted by molar-refractivity contribution is 7.21. The van der Waals surface area contributed by atoms with E-state index in [1.54, 1.807) is 11.3 Å². The number of nitrogens with zero attached hydrogens (tertiary/aromatic N) is 1. The molecular weight excluding hydrogens is 739 g/mol. The Morgan fingerprint density at radius 2 is 1.66 bits per heavy atom. The van der Waals surface area contributed by atoms with Crippen molar-refractivity contribution in [3.05, 3.63) is 94.9 Å². The van der Waals surface area contributed by atoms with Gasteiger partial charge >= 0.3 is 0 Å². The molecule has 0 aliphatic heterocycles. The Labute approximate surface area is 349 Å². The highest BCUT2D eigenvalue weighted by Gasteiger charge is 2.74. The third-order valence-electron chi connectivity index (χ3n) is 18.5. The Bertz CT molecular complexity index is 2090. The minimum atomic E-state index is -0.983. The van der Waals surface area contributed by atoms with Gasteiger partial charge in [-0.2, -0.15) is 0 Å². The van der Waals surface area contributed by atoms with Crippen molar-refractivity contribution in [2.75, 3.05) is 26.2 Å². The van der Waals surface area contributed by atoms with Crippen LogP contribution in [0.1, 0.15) is 107 Å². The van der Waals surface area contributed by atoms with Crippen LogP contribution in [0.5, 0.6) is 0 Å². The van der Waals surface area contributed by atoms with Crippen LogP contribution in [0, 0.1) is 56.7 Å². The summed E-state index contributed by atoms with van der Waals surface area (Å²) in [6.07, 6.45) is 15.7. The predicted molar refractivity (Wildman–Crippen MR) is 231 cm³/mol. The van der Waals surface area contributed by atoms with Crippen LogP contribution in [0.15, 0.2) is 84.5 Å². The van der Waals surface area contributed by atoms with Gasteiger partial charge in [-0.1, -0.05) is 94.5 Å². The van der Waals surface area contributed by atoms with Crippen molar-refractivity contribution in [1.82, 2.24) is 4.90 Å². The number of ether oxygens (including phenoxy) is 1. The van der Waals surface area contributed by atoms with Gasteiger partial charge in [-0.05, 0) is 128 Å². The molecule has 310 valence electrons. The van der Waals surface area contributed by atoms with Crippen molar-refractivity contribution in [1.29, 1.82) is 0 Å². The summed E-state index contributed by atoms with van der Waals surface area (Å²) in [4.78, 5) is 18.5. The second kappa shape index (κ2) is 13.9. The number of carbonyl (C=O) groups is 1. The molecule has 2 aromatic carbocycles. The molecule has 1 aromatic heterocycles. The average molecular weight is 804 g/mol. The van der Waals surface area contributed by atoms with E-state index in [0.717, 1.165) is 70.7 Å². The molecule has 1 unspecified atom stereocenters. The fourth-order valence-corrected chi connectivity index (χ4v) is 16.2.